The first-order valence-electron chi connectivity index (χ1n) is 6.50. The standard InChI is InChI=1S/C14H20N2O2/c1-2-3-7-11(15)14(17)16-12-9-18-13-8-5-4-6-10(12)13/h4-6,8,11-12H,2-3,7,9,15H2,1H3,(H,16,17)/t11-,12?/m0/s1. The van der Waals surface area contributed by atoms with Crippen molar-refractivity contribution >= 4 is 5.91 Å². The van der Waals surface area contributed by atoms with Crippen LogP contribution < -0.4 is 15.8 Å². The molecule has 1 aromatic carbocycles. The zero-order valence-corrected chi connectivity index (χ0v) is 10.7. The molecule has 18 heavy (non-hydrogen) atoms. The lowest BCUT2D eigenvalue weighted by molar-refractivity contribution is -0.123. The number of unbranched alkanes of at least 4 members (excludes halogenated alkanes) is 1. The predicted octanol–water partition coefficient (Wildman–Crippen LogP) is 1.75. The lowest BCUT2D eigenvalue weighted by atomic mass is 10.1. The Bertz CT molecular complexity index is 420. The van der Waals surface area contributed by atoms with E-state index in [-0.39, 0.29) is 11.9 Å². The van der Waals surface area contributed by atoms with Crippen LogP contribution in [0.4, 0.5) is 0 Å². The number of rotatable bonds is 5. The first-order chi connectivity index (χ1) is 8.72. The third-order valence-corrected chi connectivity index (χ3v) is 3.22. The highest BCUT2D eigenvalue weighted by molar-refractivity contribution is 5.82. The summed E-state index contributed by atoms with van der Waals surface area (Å²) in [5.74, 6) is 0.763. The van der Waals surface area contributed by atoms with Crippen molar-refractivity contribution in [2.45, 2.75) is 38.3 Å². The van der Waals surface area contributed by atoms with Crippen molar-refractivity contribution < 1.29 is 9.53 Å². The summed E-state index contributed by atoms with van der Waals surface area (Å²) in [5.41, 5.74) is 6.88. The number of para-hydroxylation sites is 1. The zero-order chi connectivity index (χ0) is 13.0. The smallest absolute Gasteiger partial charge is 0.237 e. The minimum Gasteiger partial charge on any atom is -0.491 e. The van der Waals surface area contributed by atoms with Gasteiger partial charge in [0.15, 0.2) is 0 Å². The number of benzene rings is 1. The quantitative estimate of drug-likeness (QED) is 0.834. The number of amides is 1. The number of fused-ring (bicyclic) bond motifs is 1. The van der Waals surface area contributed by atoms with Gasteiger partial charge in [0.05, 0.1) is 12.1 Å². The molecule has 1 aliphatic rings. The molecular weight excluding hydrogens is 228 g/mol. The third kappa shape index (κ3) is 2.82. The van der Waals surface area contributed by atoms with Gasteiger partial charge in [-0.1, -0.05) is 38.0 Å². The molecule has 0 aliphatic carbocycles. The van der Waals surface area contributed by atoms with Gasteiger partial charge in [-0.15, -0.1) is 0 Å². The number of nitrogens with two attached hydrogens (primary N) is 1. The van der Waals surface area contributed by atoms with Crippen molar-refractivity contribution in [2.24, 2.45) is 5.73 Å². The molecule has 0 saturated heterocycles. The normalized spacial score (nSPS) is 18.9. The Hall–Kier alpha value is -1.55. The van der Waals surface area contributed by atoms with Crippen molar-refractivity contribution in [2.75, 3.05) is 6.61 Å². The maximum Gasteiger partial charge on any atom is 0.237 e. The molecule has 2 rings (SSSR count). The Balaban J connectivity index is 1.93. The van der Waals surface area contributed by atoms with E-state index >= 15 is 0 Å². The Morgan fingerprint density at radius 3 is 3.11 bits per heavy atom. The van der Waals surface area contributed by atoms with Crippen molar-refractivity contribution in [3.8, 4) is 5.75 Å². The first-order valence-corrected chi connectivity index (χ1v) is 6.50. The fourth-order valence-corrected chi connectivity index (χ4v) is 2.12. The van der Waals surface area contributed by atoms with E-state index in [1.165, 1.54) is 0 Å². The van der Waals surface area contributed by atoms with E-state index in [0.717, 1.165) is 30.6 Å². The van der Waals surface area contributed by atoms with Crippen LogP contribution in [0.25, 0.3) is 0 Å². The topological polar surface area (TPSA) is 64.4 Å². The van der Waals surface area contributed by atoms with Crippen molar-refractivity contribution in [3.63, 3.8) is 0 Å². The average Bonchev–Trinajstić information content (AvgIpc) is 2.79. The van der Waals surface area contributed by atoms with Crippen molar-refractivity contribution in [1.82, 2.24) is 5.32 Å². The number of hydrogen-bond donors (Lipinski definition) is 2. The largest absolute Gasteiger partial charge is 0.491 e. The van der Waals surface area contributed by atoms with E-state index in [0.29, 0.717) is 6.61 Å². The van der Waals surface area contributed by atoms with Crippen LogP contribution in [0.3, 0.4) is 0 Å². The van der Waals surface area contributed by atoms with E-state index in [2.05, 4.69) is 12.2 Å². The molecule has 1 aromatic rings. The van der Waals surface area contributed by atoms with E-state index in [4.69, 9.17) is 10.5 Å². The summed E-state index contributed by atoms with van der Waals surface area (Å²) in [7, 11) is 0. The Kier molecular flexibility index (Phi) is 4.20. The van der Waals surface area contributed by atoms with Crippen LogP contribution in [-0.2, 0) is 4.79 Å². The van der Waals surface area contributed by atoms with Gasteiger partial charge in [-0.2, -0.15) is 0 Å². The molecule has 3 N–H and O–H groups in total. The SMILES string of the molecule is CCCC[C@H](N)C(=O)NC1COc2ccccc21. The molecule has 0 radical (unpaired) electrons. The second-order valence-electron chi connectivity index (χ2n) is 4.66. The van der Waals surface area contributed by atoms with Crippen molar-refractivity contribution in [1.29, 1.82) is 0 Å². The van der Waals surface area contributed by atoms with Gasteiger partial charge in [-0.3, -0.25) is 4.79 Å². The number of hydrogen-bond acceptors (Lipinski definition) is 3. The summed E-state index contributed by atoms with van der Waals surface area (Å²) >= 11 is 0. The molecular formula is C14H20N2O2. The highest BCUT2D eigenvalue weighted by Crippen LogP contribution is 2.31. The number of carbonyl (C=O) groups excluding carboxylic acids is 1. The highest BCUT2D eigenvalue weighted by Gasteiger charge is 2.26. The van der Waals surface area contributed by atoms with Crippen LogP contribution >= 0.6 is 0 Å². The van der Waals surface area contributed by atoms with Crippen LogP contribution in [-0.4, -0.2) is 18.6 Å². The first kappa shape index (κ1) is 12.9. The number of nitrogens with one attached hydrogen (secondary N) is 1. The summed E-state index contributed by atoms with van der Waals surface area (Å²) in [5, 5.41) is 2.95. The molecule has 4 heteroatoms. The average molecular weight is 248 g/mol. The molecule has 98 valence electrons. The summed E-state index contributed by atoms with van der Waals surface area (Å²) < 4.78 is 5.52. The summed E-state index contributed by atoms with van der Waals surface area (Å²) in [6.07, 6.45) is 2.76. The summed E-state index contributed by atoms with van der Waals surface area (Å²) in [6, 6.07) is 7.28. The lowest BCUT2D eigenvalue weighted by Gasteiger charge is -2.16. The summed E-state index contributed by atoms with van der Waals surface area (Å²) in [4.78, 5) is 11.9. The van der Waals surface area contributed by atoms with Gasteiger partial charge < -0.3 is 15.8 Å². The predicted molar refractivity (Wildman–Crippen MR) is 70.3 cm³/mol. The van der Waals surface area contributed by atoms with E-state index in [1.807, 2.05) is 24.3 Å². The maximum absolute atomic E-state index is 11.9. The van der Waals surface area contributed by atoms with Gasteiger partial charge in [0.25, 0.3) is 0 Å². The maximum atomic E-state index is 11.9. The van der Waals surface area contributed by atoms with Crippen LogP contribution in [0, 0.1) is 0 Å². The third-order valence-electron chi connectivity index (χ3n) is 3.22. The molecule has 0 fully saturated rings. The molecule has 1 aliphatic heterocycles. The molecule has 0 spiro atoms. The molecule has 4 nitrogen and oxygen atoms in total. The Morgan fingerprint density at radius 2 is 2.33 bits per heavy atom. The minimum atomic E-state index is -0.419. The molecule has 0 aromatic heterocycles. The van der Waals surface area contributed by atoms with Crippen molar-refractivity contribution in [3.05, 3.63) is 29.8 Å². The number of ether oxygens (including phenoxy) is 1. The van der Waals surface area contributed by atoms with Gasteiger partial charge in [-0.25, -0.2) is 0 Å². The monoisotopic (exact) mass is 248 g/mol. The summed E-state index contributed by atoms with van der Waals surface area (Å²) in [6.45, 7) is 2.58. The Labute approximate surface area is 108 Å². The molecule has 1 amide bonds. The molecule has 2 atom stereocenters. The minimum absolute atomic E-state index is 0.0682. The fraction of sp³-hybridized carbons (Fsp3) is 0.500. The van der Waals surface area contributed by atoms with Crippen LogP contribution in [0.15, 0.2) is 24.3 Å². The lowest BCUT2D eigenvalue weighted by Crippen LogP contribution is -2.42. The van der Waals surface area contributed by atoms with E-state index in [9.17, 15) is 4.79 Å². The zero-order valence-electron chi connectivity index (χ0n) is 10.7. The second kappa shape index (κ2) is 5.87. The highest BCUT2D eigenvalue weighted by atomic mass is 16.5. The second-order valence-corrected chi connectivity index (χ2v) is 4.66. The molecule has 0 saturated carbocycles. The van der Waals surface area contributed by atoms with Crippen LogP contribution in [0.1, 0.15) is 37.8 Å². The molecule has 0 bridgehead atoms. The fourth-order valence-electron chi connectivity index (χ4n) is 2.12. The van der Waals surface area contributed by atoms with E-state index < -0.39 is 6.04 Å². The Morgan fingerprint density at radius 1 is 1.56 bits per heavy atom. The van der Waals surface area contributed by atoms with Gasteiger partial charge in [-0.05, 0) is 12.5 Å². The van der Waals surface area contributed by atoms with Crippen LogP contribution in [0.2, 0.25) is 0 Å². The molecule has 1 heterocycles. The number of carbonyl (C=O) groups is 1. The van der Waals surface area contributed by atoms with Gasteiger partial charge in [0.1, 0.15) is 12.4 Å². The molecule has 1 unspecified atom stereocenters. The van der Waals surface area contributed by atoms with Gasteiger partial charge in [0, 0.05) is 5.56 Å². The van der Waals surface area contributed by atoms with Gasteiger partial charge >= 0.3 is 0 Å². The van der Waals surface area contributed by atoms with Crippen LogP contribution in [0.5, 0.6) is 5.75 Å². The van der Waals surface area contributed by atoms with Gasteiger partial charge in [0.2, 0.25) is 5.91 Å². The van der Waals surface area contributed by atoms with E-state index in [1.54, 1.807) is 0 Å².